The summed E-state index contributed by atoms with van der Waals surface area (Å²) in [6.45, 7) is 7.40. The van der Waals surface area contributed by atoms with E-state index in [-0.39, 0.29) is 5.41 Å². The standard InChI is InChI=1S/C28H29IN2O2S/c1-28(2,3)20-10-11-21-22(15-30)27(34-25(21)14-20)31-16-19-12-23(29)26(24(13-19)32-4)33-17-18-8-6-5-7-9-18/h5-9,12-13,16,20H,10-11,14,17H2,1-4H3/t20-/m1/s1. The van der Waals surface area contributed by atoms with Crippen molar-refractivity contribution in [2.75, 3.05) is 7.11 Å². The van der Waals surface area contributed by atoms with Crippen molar-refractivity contribution < 1.29 is 9.47 Å². The van der Waals surface area contributed by atoms with Crippen molar-refractivity contribution in [2.45, 2.75) is 46.6 Å². The fraction of sp³-hybridized carbons (Fsp3) is 0.357. The summed E-state index contributed by atoms with van der Waals surface area (Å²) in [5, 5.41) is 10.7. The van der Waals surface area contributed by atoms with Crippen molar-refractivity contribution >= 4 is 45.1 Å². The molecule has 4 rings (SSSR count). The van der Waals surface area contributed by atoms with Gasteiger partial charge in [0.05, 0.1) is 16.2 Å². The quantitative estimate of drug-likeness (QED) is 0.220. The predicted octanol–water partition coefficient (Wildman–Crippen LogP) is 7.71. The molecule has 176 valence electrons. The molecule has 1 aliphatic carbocycles. The Bertz CT molecular complexity index is 1240. The number of hydrogen-bond donors (Lipinski definition) is 0. The van der Waals surface area contributed by atoms with Crippen molar-refractivity contribution in [3.8, 4) is 17.6 Å². The normalized spacial score (nSPS) is 15.7. The van der Waals surface area contributed by atoms with Crippen LogP contribution in [0.1, 0.15) is 54.3 Å². The smallest absolute Gasteiger partial charge is 0.174 e. The van der Waals surface area contributed by atoms with Gasteiger partial charge < -0.3 is 9.47 Å². The van der Waals surface area contributed by atoms with Gasteiger partial charge >= 0.3 is 0 Å². The van der Waals surface area contributed by atoms with Crippen LogP contribution in [0.2, 0.25) is 0 Å². The van der Waals surface area contributed by atoms with E-state index in [2.05, 4.69) is 49.4 Å². The van der Waals surface area contributed by atoms with Crippen molar-refractivity contribution in [3.05, 3.63) is 73.2 Å². The summed E-state index contributed by atoms with van der Waals surface area (Å²) in [4.78, 5) is 6.08. The van der Waals surface area contributed by atoms with E-state index in [1.165, 1.54) is 10.4 Å². The molecule has 6 heteroatoms. The first kappa shape index (κ1) is 24.7. The van der Waals surface area contributed by atoms with Gasteiger partial charge in [0.1, 0.15) is 17.7 Å². The zero-order valence-corrected chi connectivity index (χ0v) is 23.0. The van der Waals surface area contributed by atoms with E-state index < -0.39 is 0 Å². The first-order valence-corrected chi connectivity index (χ1v) is 13.3. The van der Waals surface area contributed by atoms with Gasteiger partial charge in [-0.25, -0.2) is 4.99 Å². The van der Waals surface area contributed by atoms with Gasteiger partial charge in [-0.1, -0.05) is 51.1 Å². The van der Waals surface area contributed by atoms with Gasteiger partial charge in [0.25, 0.3) is 0 Å². The molecule has 34 heavy (non-hydrogen) atoms. The van der Waals surface area contributed by atoms with Crippen molar-refractivity contribution in [1.82, 2.24) is 0 Å². The largest absolute Gasteiger partial charge is 0.493 e. The molecule has 4 nitrogen and oxygen atoms in total. The predicted molar refractivity (Wildman–Crippen MR) is 148 cm³/mol. The van der Waals surface area contributed by atoms with Crippen molar-refractivity contribution in [2.24, 2.45) is 16.3 Å². The lowest BCUT2D eigenvalue weighted by atomic mass is 9.72. The molecular weight excluding hydrogens is 555 g/mol. The molecular formula is C28H29IN2O2S. The maximum absolute atomic E-state index is 9.85. The van der Waals surface area contributed by atoms with Crippen LogP contribution in [0.25, 0.3) is 0 Å². The van der Waals surface area contributed by atoms with Gasteiger partial charge in [0.2, 0.25) is 0 Å². The van der Waals surface area contributed by atoms with Crippen LogP contribution in [-0.4, -0.2) is 13.3 Å². The van der Waals surface area contributed by atoms with E-state index in [1.54, 1.807) is 18.4 Å². The lowest BCUT2D eigenvalue weighted by molar-refractivity contribution is 0.218. The van der Waals surface area contributed by atoms with Crippen molar-refractivity contribution in [3.63, 3.8) is 0 Å². The number of benzene rings is 2. The Labute approximate surface area is 219 Å². The number of nitrogens with zero attached hydrogens (tertiary/aromatic N) is 2. The van der Waals surface area contributed by atoms with Crippen LogP contribution in [0.15, 0.2) is 47.5 Å². The van der Waals surface area contributed by atoms with Crippen LogP contribution in [0.4, 0.5) is 5.00 Å². The Morgan fingerprint density at radius 3 is 2.68 bits per heavy atom. The number of ether oxygens (including phenoxy) is 2. The van der Waals surface area contributed by atoms with Crippen LogP contribution in [-0.2, 0) is 19.4 Å². The number of rotatable bonds is 6. The molecule has 1 aliphatic rings. The van der Waals surface area contributed by atoms with E-state index in [9.17, 15) is 5.26 Å². The second-order valence-corrected chi connectivity index (χ2v) is 11.9. The fourth-order valence-electron chi connectivity index (χ4n) is 4.33. The third-order valence-corrected chi connectivity index (χ3v) is 8.36. The number of aliphatic imine (C=N–C) groups is 1. The van der Waals surface area contributed by atoms with Crippen molar-refractivity contribution in [1.29, 1.82) is 5.26 Å². The molecule has 0 radical (unpaired) electrons. The van der Waals surface area contributed by atoms with Gasteiger partial charge in [-0.15, -0.1) is 11.3 Å². The van der Waals surface area contributed by atoms with Gasteiger partial charge in [-0.3, -0.25) is 0 Å². The van der Waals surface area contributed by atoms with E-state index in [0.717, 1.165) is 50.3 Å². The SMILES string of the molecule is COc1cc(C=Nc2sc3c(c2C#N)CC[C@@H](C(C)(C)C)C3)cc(I)c1OCc1ccccc1. The molecule has 0 saturated heterocycles. The third kappa shape index (κ3) is 5.47. The van der Waals surface area contributed by atoms with Gasteiger partial charge in [0.15, 0.2) is 11.5 Å². The zero-order chi connectivity index (χ0) is 24.3. The summed E-state index contributed by atoms with van der Waals surface area (Å²) in [5.74, 6) is 2.03. The van der Waals surface area contributed by atoms with Crippen LogP contribution < -0.4 is 9.47 Å². The van der Waals surface area contributed by atoms with E-state index in [1.807, 2.05) is 48.7 Å². The number of thiophene rings is 1. The minimum atomic E-state index is 0.273. The first-order valence-electron chi connectivity index (χ1n) is 11.4. The van der Waals surface area contributed by atoms with E-state index in [0.29, 0.717) is 18.3 Å². The first-order chi connectivity index (χ1) is 16.3. The van der Waals surface area contributed by atoms with Gasteiger partial charge in [0, 0.05) is 11.1 Å². The van der Waals surface area contributed by atoms with E-state index in [4.69, 9.17) is 14.5 Å². The average Bonchev–Trinajstić information content (AvgIpc) is 3.18. The molecule has 1 heterocycles. The highest BCUT2D eigenvalue weighted by Gasteiger charge is 2.32. The lowest BCUT2D eigenvalue weighted by Crippen LogP contribution is -2.26. The highest BCUT2D eigenvalue weighted by molar-refractivity contribution is 14.1. The monoisotopic (exact) mass is 584 g/mol. The molecule has 2 aromatic carbocycles. The molecule has 0 amide bonds. The number of hydrogen-bond acceptors (Lipinski definition) is 5. The van der Waals surface area contributed by atoms with Crippen LogP contribution in [0.5, 0.6) is 11.5 Å². The summed E-state index contributed by atoms with van der Waals surface area (Å²) in [6, 6.07) is 16.5. The Hall–Kier alpha value is -2.37. The minimum absolute atomic E-state index is 0.273. The summed E-state index contributed by atoms with van der Waals surface area (Å²) in [5.41, 5.74) is 4.24. The molecule has 0 unspecified atom stereocenters. The Morgan fingerprint density at radius 2 is 2.00 bits per heavy atom. The van der Waals surface area contributed by atoms with Crippen LogP contribution in [0.3, 0.4) is 0 Å². The molecule has 1 atom stereocenters. The summed E-state index contributed by atoms with van der Waals surface area (Å²) >= 11 is 3.94. The molecule has 0 N–H and O–H groups in total. The maximum Gasteiger partial charge on any atom is 0.174 e. The van der Waals surface area contributed by atoms with Crippen LogP contribution >= 0.6 is 33.9 Å². The maximum atomic E-state index is 9.85. The average molecular weight is 585 g/mol. The Kier molecular flexibility index (Phi) is 7.63. The molecule has 3 aromatic rings. The van der Waals surface area contributed by atoms with E-state index >= 15 is 0 Å². The molecule has 0 fully saturated rings. The zero-order valence-electron chi connectivity index (χ0n) is 20.0. The molecule has 0 bridgehead atoms. The lowest BCUT2D eigenvalue weighted by Gasteiger charge is -2.33. The summed E-state index contributed by atoms with van der Waals surface area (Å²) < 4.78 is 12.6. The number of methoxy groups -OCH3 is 1. The fourth-order valence-corrected chi connectivity index (χ4v) is 6.34. The molecule has 1 aromatic heterocycles. The van der Waals surface area contributed by atoms with Gasteiger partial charge in [-0.2, -0.15) is 5.26 Å². The highest BCUT2D eigenvalue weighted by atomic mass is 127. The second kappa shape index (κ2) is 10.5. The number of nitriles is 1. The number of fused-ring (bicyclic) bond motifs is 1. The Morgan fingerprint density at radius 1 is 1.24 bits per heavy atom. The molecule has 0 aliphatic heterocycles. The summed E-state index contributed by atoms with van der Waals surface area (Å²) in [6.07, 6.45) is 4.95. The highest BCUT2D eigenvalue weighted by Crippen LogP contribution is 2.45. The minimum Gasteiger partial charge on any atom is -0.493 e. The summed E-state index contributed by atoms with van der Waals surface area (Å²) in [7, 11) is 1.65. The molecule has 0 saturated carbocycles. The Balaban J connectivity index is 1.57. The topological polar surface area (TPSA) is 54.6 Å². The van der Waals surface area contributed by atoms with Gasteiger partial charge in [-0.05, 0) is 82.0 Å². The third-order valence-electron chi connectivity index (χ3n) is 6.39. The molecule has 0 spiro atoms. The number of halogens is 1. The van der Waals surface area contributed by atoms with Crippen LogP contribution in [0, 0.1) is 26.2 Å². The second-order valence-electron chi connectivity index (χ2n) is 9.67.